The summed E-state index contributed by atoms with van der Waals surface area (Å²) in [7, 11) is 0. The Labute approximate surface area is 63.5 Å². The van der Waals surface area contributed by atoms with Gasteiger partial charge in [0.2, 0.25) is 0 Å². The summed E-state index contributed by atoms with van der Waals surface area (Å²) >= 11 is 0. The highest BCUT2D eigenvalue weighted by Crippen LogP contribution is 1.52. The zero-order valence-electron chi connectivity index (χ0n) is 5.30. The zero-order chi connectivity index (χ0) is 6.83. The third-order valence-corrected chi connectivity index (χ3v) is 0.258. The molecule has 0 aromatic heterocycles. The lowest BCUT2D eigenvalue weighted by atomic mass is 10.6. The molecule has 1 N–H and O–H groups in total. The highest BCUT2D eigenvalue weighted by atomic mass is 32.1. The van der Waals surface area contributed by atoms with Gasteiger partial charge >= 0.3 is 0 Å². The predicted octanol–water partition coefficient (Wildman–Crippen LogP) is 1.08. The summed E-state index contributed by atoms with van der Waals surface area (Å²) in [6.45, 7) is 6.57. The Morgan fingerprint density at radius 1 is 1.44 bits per heavy atom. The molecule has 0 rings (SSSR count). The van der Waals surface area contributed by atoms with Crippen LogP contribution in [0.2, 0.25) is 0 Å². The predicted molar refractivity (Wildman–Crippen MR) is 46.7 cm³/mol. The van der Waals surface area contributed by atoms with E-state index in [2.05, 4.69) is 19.6 Å². The topological polar surface area (TPSA) is 20.2 Å². The summed E-state index contributed by atoms with van der Waals surface area (Å²) in [6.07, 6.45) is 7.81. The SMILES string of the molecule is C#CCO.C=CC=C.S. The van der Waals surface area contributed by atoms with Crippen molar-refractivity contribution in [2.45, 2.75) is 0 Å². The molecule has 0 aliphatic heterocycles. The Bertz CT molecular complexity index is 85.6. The molecule has 0 spiro atoms. The van der Waals surface area contributed by atoms with E-state index in [0.717, 1.165) is 0 Å². The average Bonchev–Trinajstić information content (AvgIpc) is 1.88. The standard InChI is InChI=1S/C4H6.C3H4O.H2S/c1-3-4-2;1-2-3-4;/h3-4H,1-2H2;1,4H,3H2;1H2. The Hall–Kier alpha value is -0.650. The second kappa shape index (κ2) is 26.4. The molecule has 9 heavy (non-hydrogen) atoms. The molecular formula is C7H12OS. The van der Waals surface area contributed by atoms with Crippen LogP contribution in [-0.4, -0.2) is 11.7 Å². The molecule has 0 aromatic rings. The lowest BCUT2D eigenvalue weighted by molar-refractivity contribution is 0.351. The van der Waals surface area contributed by atoms with E-state index in [0.29, 0.717) is 0 Å². The molecule has 0 bridgehead atoms. The van der Waals surface area contributed by atoms with E-state index in [9.17, 15) is 0 Å². The van der Waals surface area contributed by atoms with Crippen molar-refractivity contribution < 1.29 is 5.11 Å². The number of rotatable bonds is 1. The highest BCUT2D eigenvalue weighted by molar-refractivity contribution is 7.59. The van der Waals surface area contributed by atoms with E-state index in [1.807, 2.05) is 5.92 Å². The third-order valence-electron chi connectivity index (χ3n) is 0.258. The van der Waals surface area contributed by atoms with Gasteiger partial charge in [0.05, 0.1) is 0 Å². The first-order valence-electron chi connectivity index (χ1n) is 2.11. The van der Waals surface area contributed by atoms with Gasteiger partial charge in [0.15, 0.2) is 0 Å². The molecule has 0 saturated heterocycles. The van der Waals surface area contributed by atoms with Crippen molar-refractivity contribution in [2.24, 2.45) is 0 Å². The van der Waals surface area contributed by atoms with Gasteiger partial charge in [-0.25, -0.2) is 0 Å². The first-order chi connectivity index (χ1) is 3.83. The number of aliphatic hydroxyl groups excluding tert-OH is 1. The van der Waals surface area contributed by atoms with Crippen molar-refractivity contribution in [1.29, 1.82) is 0 Å². The summed E-state index contributed by atoms with van der Waals surface area (Å²) in [5.74, 6) is 1.99. The van der Waals surface area contributed by atoms with Crippen LogP contribution >= 0.6 is 13.5 Å². The number of terminal acetylenes is 1. The summed E-state index contributed by atoms with van der Waals surface area (Å²) in [4.78, 5) is 0. The second-order valence-corrected chi connectivity index (χ2v) is 0.834. The number of allylic oxidation sites excluding steroid dienone is 2. The lowest BCUT2D eigenvalue weighted by Crippen LogP contribution is -1.64. The first-order valence-corrected chi connectivity index (χ1v) is 2.11. The van der Waals surface area contributed by atoms with Gasteiger partial charge in [-0.05, 0) is 0 Å². The molecule has 0 amide bonds. The van der Waals surface area contributed by atoms with Gasteiger partial charge in [0, 0.05) is 0 Å². The maximum atomic E-state index is 7.64. The average molecular weight is 144 g/mol. The van der Waals surface area contributed by atoms with Crippen LogP contribution in [0.3, 0.4) is 0 Å². The molecule has 0 saturated carbocycles. The zero-order valence-corrected chi connectivity index (χ0v) is 6.30. The highest BCUT2D eigenvalue weighted by Gasteiger charge is 1.43. The molecule has 0 unspecified atom stereocenters. The van der Waals surface area contributed by atoms with Crippen molar-refractivity contribution >= 4 is 13.5 Å². The summed E-state index contributed by atoms with van der Waals surface area (Å²) in [5, 5.41) is 7.64. The third kappa shape index (κ3) is 115. The van der Waals surface area contributed by atoms with Gasteiger partial charge in [-0.3, -0.25) is 0 Å². The summed E-state index contributed by atoms with van der Waals surface area (Å²) < 4.78 is 0. The summed E-state index contributed by atoms with van der Waals surface area (Å²) in [5.41, 5.74) is 0. The van der Waals surface area contributed by atoms with E-state index in [4.69, 9.17) is 5.11 Å². The quantitative estimate of drug-likeness (QED) is 0.431. The molecule has 52 valence electrons. The van der Waals surface area contributed by atoms with Crippen LogP contribution in [0, 0.1) is 12.3 Å². The number of hydrogen-bond donors (Lipinski definition) is 1. The smallest absolute Gasteiger partial charge is 0.103 e. The van der Waals surface area contributed by atoms with Crippen molar-refractivity contribution in [2.75, 3.05) is 6.61 Å². The van der Waals surface area contributed by atoms with Crippen molar-refractivity contribution in [3.63, 3.8) is 0 Å². The van der Waals surface area contributed by atoms with E-state index in [1.165, 1.54) is 0 Å². The molecule has 0 aliphatic carbocycles. The molecule has 0 radical (unpaired) electrons. The fourth-order valence-electron chi connectivity index (χ4n) is 0. The largest absolute Gasteiger partial charge is 0.384 e. The van der Waals surface area contributed by atoms with Gasteiger partial charge in [-0.1, -0.05) is 31.2 Å². The van der Waals surface area contributed by atoms with Gasteiger partial charge in [-0.15, -0.1) is 6.42 Å². The van der Waals surface area contributed by atoms with Crippen LogP contribution in [0.25, 0.3) is 0 Å². The molecule has 2 heteroatoms. The second-order valence-electron chi connectivity index (χ2n) is 0.834. The Balaban J connectivity index is -0.0000000720. The van der Waals surface area contributed by atoms with Crippen LogP contribution in [-0.2, 0) is 0 Å². The number of aliphatic hydroxyl groups is 1. The molecule has 0 atom stereocenters. The van der Waals surface area contributed by atoms with Gasteiger partial charge < -0.3 is 5.11 Å². The van der Waals surface area contributed by atoms with Gasteiger partial charge in [-0.2, -0.15) is 13.5 Å². The van der Waals surface area contributed by atoms with Crippen LogP contribution in [0.15, 0.2) is 25.3 Å². The Morgan fingerprint density at radius 3 is 1.67 bits per heavy atom. The fraction of sp³-hybridized carbons (Fsp3) is 0.143. The van der Waals surface area contributed by atoms with Crippen LogP contribution in [0.4, 0.5) is 0 Å². The maximum Gasteiger partial charge on any atom is 0.103 e. The molecule has 0 heterocycles. The van der Waals surface area contributed by atoms with Gasteiger partial charge in [0.1, 0.15) is 6.61 Å². The van der Waals surface area contributed by atoms with Crippen LogP contribution < -0.4 is 0 Å². The van der Waals surface area contributed by atoms with E-state index in [1.54, 1.807) is 12.2 Å². The monoisotopic (exact) mass is 144 g/mol. The Morgan fingerprint density at radius 2 is 1.67 bits per heavy atom. The molecular weight excluding hydrogens is 132 g/mol. The van der Waals surface area contributed by atoms with Gasteiger partial charge in [0.25, 0.3) is 0 Å². The van der Waals surface area contributed by atoms with Crippen LogP contribution in [0.5, 0.6) is 0 Å². The molecule has 0 aromatic carbocycles. The Kier molecular flexibility index (Phi) is 46.2. The fourth-order valence-corrected chi connectivity index (χ4v) is 0. The number of hydrogen-bond acceptors (Lipinski definition) is 1. The van der Waals surface area contributed by atoms with E-state index >= 15 is 0 Å². The molecule has 1 nitrogen and oxygen atoms in total. The summed E-state index contributed by atoms with van der Waals surface area (Å²) in [6, 6.07) is 0. The van der Waals surface area contributed by atoms with Crippen LogP contribution in [0.1, 0.15) is 0 Å². The maximum absolute atomic E-state index is 7.64. The first kappa shape index (κ1) is 15.8. The minimum Gasteiger partial charge on any atom is -0.384 e. The van der Waals surface area contributed by atoms with E-state index in [-0.39, 0.29) is 20.1 Å². The minimum atomic E-state index is -0.153. The van der Waals surface area contributed by atoms with Crippen molar-refractivity contribution in [1.82, 2.24) is 0 Å². The van der Waals surface area contributed by atoms with Crippen molar-refractivity contribution in [3.05, 3.63) is 25.3 Å². The molecule has 0 aliphatic rings. The lowest BCUT2D eigenvalue weighted by Gasteiger charge is -1.55. The minimum absolute atomic E-state index is 0. The normalized spacial score (nSPS) is 4.44. The van der Waals surface area contributed by atoms with E-state index < -0.39 is 0 Å². The van der Waals surface area contributed by atoms with Crippen molar-refractivity contribution in [3.8, 4) is 12.3 Å². The molecule has 0 fully saturated rings.